The SMILES string of the molecule is CCOC(Cc1ccc(OCCN(CCCCc2ccccc2)C(=O)Oc2ccc(C)cc2)cc1)C(=O)O. The molecule has 0 heterocycles. The number of unbranched alkanes of at least 4 members (excludes halogenated alkanes) is 1. The smallest absolute Gasteiger partial charge is 0.415 e. The molecule has 1 amide bonds. The summed E-state index contributed by atoms with van der Waals surface area (Å²) in [6, 6.07) is 25.0. The third kappa shape index (κ3) is 9.90. The van der Waals surface area contributed by atoms with Gasteiger partial charge in [0.15, 0.2) is 6.10 Å². The van der Waals surface area contributed by atoms with Gasteiger partial charge in [0.2, 0.25) is 0 Å². The zero-order valence-electron chi connectivity index (χ0n) is 22.2. The first-order valence-corrected chi connectivity index (χ1v) is 13.1. The maximum absolute atomic E-state index is 12.9. The maximum atomic E-state index is 12.9. The summed E-state index contributed by atoms with van der Waals surface area (Å²) >= 11 is 0. The molecule has 0 saturated carbocycles. The van der Waals surface area contributed by atoms with Crippen molar-refractivity contribution in [3.8, 4) is 11.5 Å². The summed E-state index contributed by atoms with van der Waals surface area (Å²) in [5.41, 5.74) is 3.22. The number of amides is 1. The van der Waals surface area contributed by atoms with Crippen molar-refractivity contribution in [1.29, 1.82) is 0 Å². The normalized spacial score (nSPS) is 11.5. The van der Waals surface area contributed by atoms with Gasteiger partial charge in [0.05, 0.1) is 6.54 Å². The Labute approximate surface area is 225 Å². The van der Waals surface area contributed by atoms with Crippen molar-refractivity contribution in [3.05, 3.63) is 95.6 Å². The average Bonchev–Trinajstić information content (AvgIpc) is 2.92. The average molecular weight is 520 g/mol. The Hall–Kier alpha value is -3.84. The summed E-state index contributed by atoms with van der Waals surface area (Å²) in [6.07, 6.45) is 1.77. The predicted octanol–water partition coefficient (Wildman–Crippen LogP) is 5.93. The monoisotopic (exact) mass is 519 g/mol. The molecule has 3 aromatic rings. The first-order chi connectivity index (χ1) is 18.4. The Bertz CT molecular complexity index is 1120. The number of aryl methyl sites for hydroxylation is 2. The molecular weight excluding hydrogens is 482 g/mol. The lowest BCUT2D eigenvalue weighted by atomic mass is 10.1. The van der Waals surface area contributed by atoms with Gasteiger partial charge in [0, 0.05) is 19.6 Å². The van der Waals surface area contributed by atoms with Gasteiger partial charge in [-0.15, -0.1) is 0 Å². The number of benzene rings is 3. The van der Waals surface area contributed by atoms with E-state index < -0.39 is 18.2 Å². The number of carboxylic acids is 1. The molecule has 0 fully saturated rings. The molecule has 0 radical (unpaired) electrons. The first-order valence-electron chi connectivity index (χ1n) is 13.1. The van der Waals surface area contributed by atoms with E-state index in [1.165, 1.54) is 5.56 Å². The lowest BCUT2D eigenvalue weighted by Gasteiger charge is -2.22. The number of rotatable bonds is 15. The molecule has 0 spiro atoms. The van der Waals surface area contributed by atoms with E-state index in [0.717, 1.165) is 30.4 Å². The van der Waals surface area contributed by atoms with Crippen molar-refractivity contribution >= 4 is 12.1 Å². The highest BCUT2D eigenvalue weighted by Gasteiger charge is 2.18. The van der Waals surface area contributed by atoms with E-state index in [4.69, 9.17) is 14.2 Å². The lowest BCUT2D eigenvalue weighted by molar-refractivity contribution is -0.149. The van der Waals surface area contributed by atoms with Crippen LogP contribution in [0.5, 0.6) is 11.5 Å². The van der Waals surface area contributed by atoms with Gasteiger partial charge in [0.1, 0.15) is 18.1 Å². The van der Waals surface area contributed by atoms with Crippen molar-refractivity contribution in [2.45, 2.75) is 45.6 Å². The third-order valence-electron chi connectivity index (χ3n) is 6.09. The van der Waals surface area contributed by atoms with Crippen LogP contribution in [0.1, 0.15) is 36.5 Å². The van der Waals surface area contributed by atoms with Gasteiger partial charge in [-0.3, -0.25) is 0 Å². The first kappa shape index (κ1) is 28.7. The quantitative estimate of drug-likeness (QED) is 0.251. The summed E-state index contributed by atoms with van der Waals surface area (Å²) in [5, 5.41) is 9.28. The van der Waals surface area contributed by atoms with Crippen molar-refractivity contribution < 1.29 is 28.9 Å². The Morgan fingerprint density at radius 3 is 2.18 bits per heavy atom. The van der Waals surface area contributed by atoms with E-state index in [1.807, 2.05) is 49.4 Å². The fraction of sp³-hybridized carbons (Fsp3) is 0.355. The van der Waals surface area contributed by atoms with Gasteiger partial charge in [0.25, 0.3) is 0 Å². The second-order valence-corrected chi connectivity index (χ2v) is 9.09. The number of aliphatic carboxylic acids is 1. The van der Waals surface area contributed by atoms with Gasteiger partial charge in [-0.05, 0) is 68.5 Å². The Morgan fingerprint density at radius 2 is 1.53 bits per heavy atom. The summed E-state index contributed by atoms with van der Waals surface area (Å²) in [7, 11) is 0. The van der Waals surface area contributed by atoms with Crippen LogP contribution in [-0.2, 0) is 22.4 Å². The number of nitrogens with zero attached hydrogens (tertiary/aromatic N) is 1. The van der Waals surface area contributed by atoms with Crippen molar-refractivity contribution in [2.75, 3.05) is 26.3 Å². The van der Waals surface area contributed by atoms with Gasteiger partial charge >= 0.3 is 12.1 Å². The molecule has 0 aromatic heterocycles. The fourth-order valence-corrected chi connectivity index (χ4v) is 3.97. The number of ether oxygens (including phenoxy) is 3. The summed E-state index contributed by atoms with van der Waals surface area (Å²) in [5.74, 6) is 0.180. The molecule has 7 heteroatoms. The molecule has 202 valence electrons. The van der Waals surface area contributed by atoms with Crippen molar-refractivity contribution in [1.82, 2.24) is 4.90 Å². The molecule has 3 rings (SSSR count). The maximum Gasteiger partial charge on any atom is 0.415 e. The van der Waals surface area contributed by atoms with E-state index >= 15 is 0 Å². The molecule has 0 saturated heterocycles. The summed E-state index contributed by atoms with van der Waals surface area (Å²) in [4.78, 5) is 26.0. The minimum absolute atomic E-state index is 0.283. The second kappa shape index (κ2) is 15.4. The fourth-order valence-electron chi connectivity index (χ4n) is 3.97. The van der Waals surface area contributed by atoms with Crippen molar-refractivity contribution in [3.63, 3.8) is 0 Å². The standard InChI is InChI=1S/C31H37NO6/c1-3-36-29(30(33)34)23-26-14-18-27(19-15-26)37-22-21-32(20-8-7-11-25-9-5-4-6-10-25)31(35)38-28-16-12-24(2)13-17-28/h4-6,9-10,12-19,29H,3,7-8,11,20-23H2,1-2H3,(H,33,34). The van der Waals surface area contributed by atoms with Crippen LogP contribution in [0.25, 0.3) is 0 Å². The number of carboxylic acid groups (broad SMARTS) is 1. The molecule has 0 aliphatic rings. The highest BCUT2D eigenvalue weighted by atomic mass is 16.6. The van der Waals surface area contributed by atoms with Crippen molar-refractivity contribution in [2.24, 2.45) is 0 Å². The van der Waals surface area contributed by atoms with Crippen LogP contribution in [0.2, 0.25) is 0 Å². The second-order valence-electron chi connectivity index (χ2n) is 9.09. The van der Waals surface area contributed by atoms with Crippen LogP contribution < -0.4 is 9.47 Å². The Kier molecular flexibility index (Phi) is 11.7. The molecule has 38 heavy (non-hydrogen) atoms. The van der Waals surface area contributed by atoms with E-state index in [9.17, 15) is 14.7 Å². The predicted molar refractivity (Wildman–Crippen MR) is 147 cm³/mol. The topological polar surface area (TPSA) is 85.3 Å². The lowest BCUT2D eigenvalue weighted by Crippen LogP contribution is -2.37. The molecule has 3 aromatic carbocycles. The highest BCUT2D eigenvalue weighted by Crippen LogP contribution is 2.16. The molecule has 7 nitrogen and oxygen atoms in total. The number of carbonyl (C=O) groups excluding carboxylic acids is 1. The van der Waals surface area contributed by atoms with Crippen LogP contribution in [0.3, 0.4) is 0 Å². The number of hydrogen-bond donors (Lipinski definition) is 1. The zero-order valence-corrected chi connectivity index (χ0v) is 22.2. The van der Waals surface area contributed by atoms with Gasteiger partial charge < -0.3 is 24.2 Å². The van der Waals surface area contributed by atoms with E-state index in [-0.39, 0.29) is 6.42 Å². The third-order valence-corrected chi connectivity index (χ3v) is 6.09. The zero-order chi connectivity index (χ0) is 27.2. The molecule has 1 atom stereocenters. The van der Waals surface area contributed by atoms with Gasteiger partial charge in [-0.25, -0.2) is 9.59 Å². The molecule has 0 aliphatic carbocycles. The van der Waals surface area contributed by atoms with E-state index in [0.29, 0.717) is 37.8 Å². The number of carbonyl (C=O) groups is 2. The van der Waals surface area contributed by atoms with Crippen LogP contribution in [0, 0.1) is 6.92 Å². The van der Waals surface area contributed by atoms with Crippen LogP contribution in [-0.4, -0.2) is 54.5 Å². The largest absolute Gasteiger partial charge is 0.492 e. The van der Waals surface area contributed by atoms with Crippen LogP contribution >= 0.6 is 0 Å². The van der Waals surface area contributed by atoms with E-state index in [1.54, 1.807) is 36.1 Å². The van der Waals surface area contributed by atoms with Crippen LogP contribution in [0.4, 0.5) is 4.79 Å². The molecule has 0 aliphatic heterocycles. The number of hydrogen-bond acceptors (Lipinski definition) is 5. The highest BCUT2D eigenvalue weighted by molar-refractivity contribution is 5.72. The summed E-state index contributed by atoms with van der Waals surface area (Å²) < 4.78 is 16.8. The Balaban J connectivity index is 1.53. The van der Waals surface area contributed by atoms with Gasteiger partial charge in [-0.1, -0.05) is 60.2 Å². The molecule has 1 N–H and O–H groups in total. The molecule has 0 bridgehead atoms. The molecular formula is C31H37NO6. The minimum atomic E-state index is -0.978. The summed E-state index contributed by atoms with van der Waals surface area (Å²) in [6.45, 7) is 5.34. The van der Waals surface area contributed by atoms with E-state index in [2.05, 4.69) is 12.1 Å². The van der Waals surface area contributed by atoms with Crippen LogP contribution in [0.15, 0.2) is 78.9 Å². The minimum Gasteiger partial charge on any atom is -0.492 e. The Morgan fingerprint density at radius 1 is 0.842 bits per heavy atom. The van der Waals surface area contributed by atoms with Gasteiger partial charge in [-0.2, -0.15) is 0 Å². The molecule has 1 unspecified atom stereocenters.